The summed E-state index contributed by atoms with van der Waals surface area (Å²) in [6.07, 6.45) is -2.65. The van der Waals surface area contributed by atoms with Crippen molar-refractivity contribution in [1.29, 1.82) is 0 Å². The zero-order chi connectivity index (χ0) is 8.27. The van der Waals surface area contributed by atoms with Crippen LogP contribution in [0.3, 0.4) is 0 Å². The van der Waals surface area contributed by atoms with Crippen molar-refractivity contribution in [2.45, 2.75) is 12.8 Å². The largest absolute Gasteiger partial charge is 0.508 e. The molecule has 1 N–H and O–H groups in total. The Morgan fingerprint density at radius 3 is 2.64 bits per heavy atom. The first-order valence-corrected chi connectivity index (χ1v) is 3.24. The van der Waals surface area contributed by atoms with Crippen LogP contribution in [0.5, 0.6) is 5.75 Å². The molecule has 0 spiro atoms. The molecule has 0 aliphatic carbocycles. The van der Waals surface area contributed by atoms with Gasteiger partial charge in [-0.25, -0.2) is 8.78 Å². The first-order valence-electron chi connectivity index (χ1n) is 3.24. The van der Waals surface area contributed by atoms with Gasteiger partial charge in [-0.1, -0.05) is 12.1 Å². The van der Waals surface area contributed by atoms with Crippen molar-refractivity contribution in [2.75, 3.05) is 0 Å². The molecule has 0 radical (unpaired) electrons. The maximum absolute atomic E-state index is 11.8. The minimum absolute atomic E-state index is 0.0307. The number of phenols is 1. The van der Waals surface area contributed by atoms with Gasteiger partial charge < -0.3 is 5.11 Å². The minimum atomic E-state index is -2.35. The van der Waals surface area contributed by atoms with Gasteiger partial charge >= 0.3 is 0 Å². The van der Waals surface area contributed by atoms with Crippen LogP contribution in [0.1, 0.15) is 5.56 Å². The van der Waals surface area contributed by atoms with E-state index in [1.807, 2.05) is 0 Å². The number of hydrogen-bond acceptors (Lipinski definition) is 1. The van der Waals surface area contributed by atoms with Gasteiger partial charge in [-0.2, -0.15) is 0 Å². The normalized spacial score (nSPS) is 10.5. The number of aromatic hydroxyl groups is 1. The molecule has 0 aliphatic heterocycles. The van der Waals surface area contributed by atoms with Gasteiger partial charge in [-0.05, 0) is 17.7 Å². The lowest BCUT2D eigenvalue weighted by molar-refractivity contribution is 0.149. The van der Waals surface area contributed by atoms with Gasteiger partial charge in [0.15, 0.2) is 0 Å². The quantitative estimate of drug-likeness (QED) is 0.699. The molecule has 1 rings (SSSR count). The van der Waals surface area contributed by atoms with Crippen LogP contribution in [-0.4, -0.2) is 11.5 Å². The number of hydrogen-bond donors (Lipinski definition) is 1. The highest BCUT2D eigenvalue weighted by Gasteiger charge is 2.03. The Kier molecular flexibility index (Phi) is 2.41. The van der Waals surface area contributed by atoms with Gasteiger partial charge in [0.2, 0.25) is 6.43 Å². The average molecular weight is 158 g/mol. The molecule has 0 atom stereocenters. The van der Waals surface area contributed by atoms with Crippen LogP contribution in [0.4, 0.5) is 8.78 Å². The fraction of sp³-hybridized carbons (Fsp3) is 0.250. The van der Waals surface area contributed by atoms with E-state index in [1.165, 1.54) is 12.1 Å². The maximum atomic E-state index is 11.8. The maximum Gasteiger partial charge on any atom is 0.242 e. The molecule has 3 heteroatoms. The first-order chi connectivity index (χ1) is 5.18. The summed E-state index contributed by atoms with van der Waals surface area (Å²) >= 11 is 0. The van der Waals surface area contributed by atoms with Crippen LogP contribution in [0, 0.1) is 0 Å². The molecule has 0 aromatic heterocycles. The van der Waals surface area contributed by atoms with Gasteiger partial charge in [-0.3, -0.25) is 0 Å². The van der Waals surface area contributed by atoms with Crippen molar-refractivity contribution in [2.24, 2.45) is 0 Å². The zero-order valence-corrected chi connectivity index (χ0v) is 5.80. The molecule has 60 valence electrons. The van der Waals surface area contributed by atoms with Crippen molar-refractivity contribution >= 4 is 0 Å². The molecule has 1 aromatic carbocycles. The fourth-order valence-corrected chi connectivity index (χ4v) is 0.862. The second-order valence-electron chi connectivity index (χ2n) is 2.27. The number of rotatable bonds is 2. The third-order valence-corrected chi connectivity index (χ3v) is 1.30. The van der Waals surface area contributed by atoms with Gasteiger partial charge in [0.25, 0.3) is 0 Å². The van der Waals surface area contributed by atoms with E-state index in [-0.39, 0.29) is 12.2 Å². The van der Waals surface area contributed by atoms with Gasteiger partial charge in [0.1, 0.15) is 5.75 Å². The molecule has 0 heterocycles. The van der Waals surface area contributed by atoms with Crippen molar-refractivity contribution in [3.8, 4) is 5.75 Å². The van der Waals surface area contributed by atoms with Crippen LogP contribution in [0.25, 0.3) is 0 Å². The summed E-state index contributed by atoms with van der Waals surface area (Å²) in [5.74, 6) is 0.0307. The van der Waals surface area contributed by atoms with Crippen molar-refractivity contribution in [1.82, 2.24) is 0 Å². The van der Waals surface area contributed by atoms with Crippen molar-refractivity contribution in [3.05, 3.63) is 29.8 Å². The second-order valence-corrected chi connectivity index (χ2v) is 2.27. The van der Waals surface area contributed by atoms with E-state index in [9.17, 15) is 8.78 Å². The van der Waals surface area contributed by atoms with Gasteiger partial charge in [-0.15, -0.1) is 0 Å². The Morgan fingerprint density at radius 2 is 2.09 bits per heavy atom. The van der Waals surface area contributed by atoms with Crippen LogP contribution in [0.2, 0.25) is 0 Å². The van der Waals surface area contributed by atoms with E-state index in [2.05, 4.69) is 0 Å². The third kappa shape index (κ3) is 2.53. The molecular weight excluding hydrogens is 150 g/mol. The molecule has 11 heavy (non-hydrogen) atoms. The molecule has 0 saturated heterocycles. The summed E-state index contributed by atoms with van der Waals surface area (Å²) in [7, 11) is 0. The summed E-state index contributed by atoms with van der Waals surface area (Å²) in [4.78, 5) is 0. The molecule has 1 nitrogen and oxygen atoms in total. The van der Waals surface area contributed by atoms with Crippen LogP contribution < -0.4 is 0 Å². The van der Waals surface area contributed by atoms with Crippen LogP contribution >= 0.6 is 0 Å². The van der Waals surface area contributed by atoms with E-state index in [4.69, 9.17) is 5.11 Å². The number of benzene rings is 1. The van der Waals surface area contributed by atoms with Crippen LogP contribution in [0.15, 0.2) is 24.3 Å². The number of phenolic OH excluding ortho intramolecular Hbond substituents is 1. The zero-order valence-electron chi connectivity index (χ0n) is 5.80. The van der Waals surface area contributed by atoms with Gasteiger partial charge in [0, 0.05) is 6.42 Å². The summed E-state index contributed by atoms with van der Waals surface area (Å²) in [5.41, 5.74) is 0.458. The molecule has 0 saturated carbocycles. The van der Waals surface area contributed by atoms with E-state index in [1.54, 1.807) is 12.1 Å². The molecular formula is C8H8F2O. The van der Waals surface area contributed by atoms with E-state index in [0.29, 0.717) is 5.56 Å². The smallest absolute Gasteiger partial charge is 0.242 e. The van der Waals surface area contributed by atoms with Gasteiger partial charge in [0.05, 0.1) is 0 Å². The van der Waals surface area contributed by atoms with Crippen molar-refractivity contribution < 1.29 is 13.9 Å². The Balaban J connectivity index is 2.71. The molecule has 0 unspecified atom stereocenters. The monoisotopic (exact) mass is 158 g/mol. The molecule has 0 amide bonds. The minimum Gasteiger partial charge on any atom is -0.508 e. The summed E-state index contributed by atoms with van der Waals surface area (Å²) in [6, 6.07) is 5.90. The first kappa shape index (κ1) is 7.98. The van der Waals surface area contributed by atoms with E-state index in [0.717, 1.165) is 0 Å². The lowest BCUT2D eigenvalue weighted by Crippen LogP contribution is -1.95. The molecule has 0 bridgehead atoms. The molecule has 0 fully saturated rings. The topological polar surface area (TPSA) is 20.2 Å². The highest BCUT2D eigenvalue weighted by molar-refractivity contribution is 5.27. The summed E-state index contributed by atoms with van der Waals surface area (Å²) < 4.78 is 23.5. The Morgan fingerprint density at radius 1 is 1.36 bits per heavy atom. The average Bonchev–Trinajstić information content (AvgIpc) is 1.85. The summed E-state index contributed by atoms with van der Waals surface area (Å²) in [5, 5.41) is 8.88. The molecule has 1 aromatic rings. The number of alkyl halides is 2. The lowest BCUT2D eigenvalue weighted by Gasteiger charge is -1.99. The second kappa shape index (κ2) is 3.32. The molecule has 0 aliphatic rings. The number of halogens is 2. The summed E-state index contributed by atoms with van der Waals surface area (Å²) in [6.45, 7) is 0. The Bertz CT molecular complexity index is 235. The predicted molar refractivity (Wildman–Crippen MR) is 37.8 cm³/mol. The highest BCUT2D eigenvalue weighted by Crippen LogP contribution is 2.13. The highest BCUT2D eigenvalue weighted by atomic mass is 19.3. The van der Waals surface area contributed by atoms with E-state index >= 15 is 0 Å². The van der Waals surface area contributed by atoms with Crippen LogP contribution in [-0.2, 0) is 6.42 Å². The standard InChI is InChI=1S/C8H8F2O/c9-8(10)5-6-2-1-3-7(11)4-6/h1-4,8,11H,5H2. The lowest BCUT2D eigenvalue weighted by atomic mass is 10.1. The van der Waals surface area contributed by atoms with E-state index < -0.39 is 6.43 Å². The Hall–Kier alpha value is -1.12. The van der Waals surface area contributed by atoms with Crippen molar-refractivity contribution in [3.63, 3.8) is 0 Å². The SMILES string of the molecule is Oc1cccc(CC(F)F)c1. The Labute approximate surface area is 63.3 Å². The fourth-order valence-electron chi connectivity index (χ4n) is 0.862. The third-order valence-electron chi connectivity index (χ3n) is 1.30. The predicted octanol–water partition coefficient (Wildman–Crippen LogP) is 2.20.